The van der Waals surface area contributed by atoms with Crippen molar-refractivity contribution < 1.29 is 0 Å². The van der Waals surface area contributed by atoms with Crippen LogP contribution in [0, 0.1) is 5.41 Å². The van der Waals surface area contributed by atoms with Crippen LogP contribution in [0.3, 0.4) is 0 Å². The summed E-state index contributed by atoms with van der Waals surface area (Å²) in [5, 5.41) is 3.72. The Morgan fingerprint density at radius 2 is 1.62 bits per heavy atom. The average Bonchev–Trinajstić information content (AvgIpc) is 2.78. The van der Waals surface area contributed by atoms with E-state index in [-0.39, 0.29) is 5.54 Å². The van der Waals surface area contributed by atoms with Crippen molar-refractivity contribution in [3.8, 4) is 0 Å². The fraction of sp³-hybridized carbons (Fsp3) is 0.684. The van der Waals surface area contributed by atoms with Crippen molar-refractivity contribution in [1.82, 2.24) is 10.2 Å². The van der Waals surface area contributed by atoms with E-state index < -0.39 is 0 Å². The topological polar surface area (TPSA) is 15.3 Å². The molecule has 0 fully saturated rings. The van der Waals surface area contributed by atoms with Crippen LogP contribution in [0.25, 0.3) is 0 Å². The van der Waals surface area contributed by atoms with Gasteiger partial charge in [0, 0.05) is 31.7 Å². The number of hydrogen-bond donors (Lipinski definition) is 1. The summed E-state index contributed by atoms with van der Waals surface area (Å²) in [7, 11) is 0. The SMILES string of the molecule is CCCC(C)(CNC(C)(C)C)CN1Cc2ccccc2C1. The molecule has 0 radical (unpaired) electrons. The molecule has 0 aromatic heterocycles. The van der Waals surface area contributed by atoms with Crippen molar-refractivity contribution in [3.63, 3.8) is 0 Å². The molecule has 0 spiro atoms. The lowest BCUT2D eigenvalue weighted by Gasteiger charge is -2.36. The molecule has 0 bridgehead atoms. The molecule has 2 rings (SSSR count). The maximum atomic E-state index is 3.72. The maximum Gasteiger partial charge on any atom is 0.0240 e. The van der Waals surface area contributed by atoms with Crippen LogP contribution in [0.15, 0.2) is 24.3 Å². The minimum Gasteiger partial charge on any atom is -0.311 e. The van der Waals surface area contributed by atoms with E-state index >= 15 is 0 Å². The third kappa shape index (κ3) is 4.82. The summed E-state index contributed by atoms with van der Waals surface area (Å²) in [6, 6.07) is 8.88. The highest BCUT2D eigenvalue weighted by atomic mass is 15.2. The number of rotatable bonds is 6. The molecule has 118 valence electrons. The molecule has 0 amide bonds. The molecule has 1 N–H and O–H groups in total. The lowest BCUT2D eigenvalue weighted by atomic mass is 9.84. The molecule has 0 aliphatic carbocycles. The van der Waals surface area contributed by atoms with Gasteiger partial charge in [-0.2, -0.15) is 0 Å². The fourth-order valence-corrected chi connectivity index (χ4v) is 3.36. The molecule has 0 saturated carbocycles. The first-order chi connectivity index (χ1) is 9.81. The van der Waals surface area contributed by atoms with Gasteiger partial charge in [-0.3, -0.25) is 4.90 Å². The average molecular weight is 288 g/mol. The lowest BCUT2D eigenvalue weighted by Crippen LogP contribution is -2.46. The molecular weight excluding hydrogens is 256 g/mol. The normalized spacial score (nSPS) is 18.5. The first kappa shape index (κ1) is 16.5. The molecule has 1 atom stereocenters. The Morgan fingerprint density at radius 1 is 1.05 bits per heavy atom. The first-order valence-corrected chi connectivity index (χ1v) is 8.35. The van der Waals surface area contributed by atoms with Gasteiger partial charge in [0.25, 0.3) is 0 Å². The molecule has 1 unspecified atom stereocenters. The van der Waals surface area contributed by atoms with E-state index in [0.717, 1.165) is 19.6 Å². The second-order valence-electron chi connectivity index (χ2n) is 8.08. The van der Waals surface area contributed by atoms with E-state index in [4.69, 9.17) is 0 Å². The minimum atomic E-state index is 0.197. The Bertz CT molecular complexity index is 436. The molecule has 1 aromatic carbocycles. The monoisotopic (exact) mass is 288 g/mol. The molecule has 1 aliphatic heterocycles. The minimum absolute atomic E-state index is 0.197. The van der Waals surface area contributed by atoms with Gasteiger partial charge >= 0.3 is 0 Å². The fourth-order valence-electron chi connectivity index (χ4n) is 3.36. The van der Waals surface area contributed by atoms with E-state index in [0.29, 0.717) is 5.41 Å². The van der Waals surface area contributed by atoms with Gasteiger partial charge in [0.05, 0.1) is 0 Å². The van der Waals surface area contributed by atoms with Gasteiger partial charge in [-0.1, -0.05) is 44.5 Å². The molecule has 1 heterocycles. The summed E-state index contributed by atoms with van der Waals surface area (Å²) in [6.07, 6.45) is 2.53. The van der Waals surface area contributed by atoms with Crippen molar-refractivity contribution >= 4 is 0 Å². The molecule has 2 nitrogen and oxygen atoms in total. The molecule has 0 saturated heterocycles. The second kappa shape index (κ2) is 6.50. The third-order valence-corrected chi connectivity index (χ3v) is 4.41. The number of nitrogens with zero attached hydrogens (tertiary/aromatic N) is 1. The quantitative estimate of drug-likeness (QED) is 0.844. The number of hydrogen-bond acceptors (Lipinski definition) is 2. The van der Waals surface area contributed by atoms with Crippen LogP contribution < -0.4 is 5.32 Å². The second-order valence-corrected chi connectivity index (χ2v) is 8.08. The van der Waals surface area contributed by atoms with Gasteiger partial charge in [-0.15, -0.1) is 0 Å². The Balaban J connectivity index is 1.97. The highest BCUT2D eigenvalue weighted by Crippen LogP contribution is 2.30. The van der Waals surface area contributed by atoms with Crippen LogP contribution in [-0.2, 0) is 13.1 Å². The molecule has 1 aliphatic rings. The van der Waals surface area contributed by atoms with Crippen molar-refractivity contribution in [1.29, 1.82) is 0 Å². The number of benzene rings is 1. The number of nitrogens with one attached hydrogen (secondary N) is 1. The predicted octanol–water partition coefficient (Wildman–Crippen LogP) is 4.20. The van der Waals surface area contributed by atoms with E-state index in [2.05, 4.69) is 69.1 Å². The predicted molar refractivity (Wildman–Crippen MR) is 91.3 cm³/mol. The Kier molecular flexibility index (Phi) is 5.11. The largest absolute Gasteiger partial charge is 0.311 e. The third-order valence-electron chi connectivity index (χ3n) is 4.41. The smallest absolute Gasteiger partial charge is 0.0240 e. The Morgan fingerprint density at radius 3 is 2.10 bits per heavy atom. The van der Waals surface area contributed by atoms with Crippen LogP contribution in [0.5, 0.6) is 0 Å². The van der Waals surface area contributed by atoms with Crippen molar-refractivity contribution in [3.05, 3.63) is 35.4 Å². The summed E-state index contributed by atoms with van der Waals surface area (Å²) in [5.74, 6) is 0. The van der Waals surface area contributed by atoms with E-state index in [1.807, 2.05) is 0 Å². The zero-order chi connectivity index (χ0) is 15.5. The molecular formula is C19H32N2. The van der Waals surface area contributed by atoms with Crippen molar-refractivity contribution in [2.75, 3.05) is 13.1 Å². The van der Waals surface area contributed by atoms with Gasteiger partial charge in [0.1, 0.15) is 0 Å². The maximum absolute atomic E-state index is 3.72. The standard InChI is InChI=1S/C19H32N2/c1-6-11-19(5,14-20-18(2,3)4)15-21-12-16-9-7-8-10-17(16)13-21/h7-10,20H,6,11-15H2,1-5H3. The summed E-state index contributed by atoms with van der Waals surface area (Å²) >= 11 is 0. The van der Waals surface area contributed by atoms with Gasteiger partial charge in [0.2, 0.25) is 0 Å². The van der Waals surface area contributed by atoms with E-state index in [1.165, 1.54) is 30.5 Å². The Hall–Kier alpha value is -0.860. The lowest BCUT2D eigenvalue weighted by molar-refractivity contribution is 0.140. The number of fused-ring (bicyclic) bond motifs is 1. The van der Waals surface area contributed by atoms with Crippen LogP contribution in [-0.4, -0.2) is 23.5 Å². The van der Waals surface area contributed by atoms with Crippen LogP contribution in [0.2, 0.25) is 0 Å². The molecule has 21 heavy (non-hydrogen) atoms. The molecule has 1 aromatic rings. The Labute approximate surface area is 130 Å². The van der Waals surface area contributed by atoms with Crippen molar-refractivity contribution in [2.24, 2.45) is 5.41 Å². The van der Waals surface area contributed by atoms with Gasteiger partial charge in [-0.25, -0.2) is 0 Å². The van der Waals surface area contributed by atoms with Gasteiger partial charge < -0.3 is 5.32 Å². The van der Waals surface area contributed by atoms with Crippen molar-refractivity contribution in [2.45, 2.75) is 66.1 Å². The zero-order valence-electron chi connectivity index (χ0n) is 14.5. The highest BCUT2D eigenvalue weighted by molar-refractivity contribution is 5.30. The van der Waals surface area contributed by atoms with Gasteiger partial charge in [0.15, 0.2) is 0 Å². The van der Waals surface area contributed by atoms with Crippen LogP contribution in [0.1, 0.15) is 58.6 Å². The summed E-state index contributed by atoms with van der Waals surface area (Å²) in [5.41, 5.74) is 3.58. The first-order valence-electron chi connectivity index (χ1n) is 8.35. The van der Waals surface area contributed by atoms with Gasteiger partial charge in [-0.05, 0) is 43.7 Å². The van der Waals surface area contributed by atoms with Crippen LogP contribution in [0.4, 0.5) is 0 Å². The molecule has 2 heteroatoms. The summed E-state index contributed by atoms with van der Waals surface area (Å²) < 4.78 is 0. The summed E-state index contributed by atoms with van der Waals surface area (Å²) in [4.78, 5) is 2.62. The summed E-state index contributed by atoms with van der Waals surface area (Å²) in [6.45, 7) is 16.0. The van der Waals surface area contributed by atoms with E-state index in [1.54, 1.807) is 0 Å². The van der Waals surface area contributed by atoms with Crippen LogP contribution >= 0.6 is 0 Å². The van der Waals surface area contributed by atoms with E-state index in [9.17, 15) is 0 Å². The zero-order valence-corrected chi connectivity index (χ0v) is 14.5. The highest BCUT2D eigenvalue weighted by Gasteiger charge is 2.30.